The van der Waals surface area contributed by atoms with Gasteiger partial charge in [-0.3, -0.25) is 15.0 Å². The van der Waals surface area contributed by atoms with Gasteiger partial charge < -0.3 is 9.47 Å². The third-order valence-electron chi connectivity index (χ3n) is 4.67. The van der Waals surface area contributed by atoms with Gasteiger partial charge in [0.2, 0.25) is 0 Å². The van der Waals surface area contributed by atoms with E-state index in [2.05, 4.69) is 15.9 Å². The fourth-order valence-electron chi connectivity index (χ4n) is 3.55. The highest BCUT2D eigenvalue weighted by atomic mass is 79.9. The van der Waals surface area contributed by atoms with Crippen molar-refractivity contribution in [3.05, 3.63) is 62.1 Å². The number of hydrogen-bond acceptors (Lipinski definition) is 5. The van der Waals surface area contributed by atoms with Crippen LogP contribution in [0.3, 0.4) is 0 Å². The fourth-order valence-corrected chi connectivity index (χ4v) is 4.23. The van der Waals surface area contributed by atoms with Crippen molar-refractivity contribution in [2.75, 3.05) is 12.0 Å². The summed E-state index contributed by atoms with van der Waals surface area (Å²) in [6, 6.07) is 10.2. The first-order valence-corrected chi connectivity index (χ1v) is 10.0. The third-order valence-corrected chi connectivity index (χ3v) is 5.27. The predicted molar refractivity (Wildman–Crippen MR) is 114 cm³/mol. The Hall–Kier alpha value is -2.61. The molecule has 1 unspecified atom stereocenters. The van der Waals surface area contributed by atoms with Crippen LogP contribution in [0, 0.1) is 10.1 Å². The minimum Gasteiger partial charge on any atom is -0.496 e. The summed E-state index contributed by atoms with van der Waals surface area (Å²) < 4.78 is 11.7. The zero-order valence-electron chi connectivity index (χ0n) is 16.8. The molecule has 1 amide bonds. The van der Waals surface area contributed by atoms with E-state index >= 15 is 0 Å². The fraction of sp³-hybridized carbons (Fsp3) is 0.381. The van der Waals surface area contributed by atoms with Gasteiger partial charge in [0.1, 0.15) is 11.4 Å². The van der Waals surface area contributed by atoms with Gasteiger partial charge in [0, 0.05) is 22.2 Å². The number of non-ortho nitro benzene ring substituents is 1. The molecule has 7 nitrogen and oxygen atoms in total. The number of nitro benzene ring substituents is 1. The summed E-state index contributed by atoms with van der Waals surface area (Å²) in [5.74, 6) is 0.674. The van der Waals surface area contributed by atoms with Crippen LogP contribution in [0.5, 0.6) is 5.75 Å². The number of para-hydroxylation sites is 1. The van der Waals surface area contributed by atoms with E-state index in [1.165, 1.54) is 12.1 Å². The Morgan fingerprint density at radius 2 is 1.97 bits per heavy atom. The SMILES string of the molecule is COc1ccccc1C1CCc2cc([N+](=O)[O-])cc(Br)c2N1C(=O)OC(C)(C)C. The summed E-state index contributed by atoms with van der Waals surface area (Å²) in [4.78, 5) is 25.7. The number of rotatable bonds is 3. The largest absolute Gasteiger partial charge is 0.496 e. The molecule has 0 radical (unpaired) electrons. The third kappa shape index (κ3) is 4.37. The average Bonchev–Trinajstić information content (AvgIpc) is 2.65. The lowest BCUT2D eigenvalue weighted by atomic mass is 9.90. The molecule has 0 aliphatic carbocycles. The summed E-state index contributed by atoms with van der Waals surface area (Å²) in [5, 5.41) is 11.3. The smallest absolute Gasteiger partial charge is 0.415 e. The van der Waals surface area contributed by atoms with Gasteiger partial charge in [0.15, 0.2) is 0 Å². The Morgan fingerprint density at radius 1 is 1.28 bits per heavy atom. The number of carbonyl (C=O) groups is 1. The van der Waals surface area contributed by atoms with E-state index in [1.807, 2.05) is 24.3 Å². The van der Waals surface area contributed by atoms with Crippen molar-refractivity contribution >= 4 is 33.4 Å². The maximum Gasteiger partial charge on any atom is 0.415 e. The molecular weight excluding hydrogens is 440 g/mol. The first kappa shape index (κ1) is 21.1. The highest BCUT2D eigenvalue weighted by molar-refractivity contribution is 9.10. The van der Waals surface area contributed by atoms with Crippen LogP contribution < -0.4 is 9.64 Å². The molecule has 0 saturated heterocycles. The van der Waals surface area contributed by atoms with E-state index in [-0.39, 0.29) is 11.7 Å². The van der Waals surface area contributed by atoms with Crippen molar-refractivity contribution in [1.82, 2.24) is 0 Å². The number of benzene rings is 2. The number of nitro groups is 1. The summed E-state index contributed by atoms with van der Waals surface area (Å²) in [7, 11) is 1.59. The topological polar surface area (TPSA) is 81.9 Å². The van der Waals surface area contributed by atoms with E-state index in [4.69, 9.17) is 9.47 Å². The van der Waals surface area contributed by atoms with Crippen molar-refractivity contribution in [3.63, 3.8) is 0 Å². The van der Waals surface area contributed by atoms with Crippen molar-refractivity contribution in [1.29, 1.82) is 0 Å². The molecule has 8 heteroatoms. The predicted octanol–water partition coefficient (Wildman–Crippen LogP) is 5.79. The quantitative estimate of drug-likeness (QED) is 0.425. The zero-order chi connectivity index (χ0) is 21.3. The summed E-state index contributed by atoms with van der Waals surface area (Å²) in [5.41, 5.74) is 1.47. The number of ether oxygens (including phenoxy) is 2. The van der Waals surface area contributed by atoms with Gasteiger partial charge in [-0.1, -0.05) is 18.2 Å². The summed E-state index contributed by atoms with van der Waals surface area (Å²) >= 11 is 3.44. The first-order chi connectivity index (χ1) is 13.6. The van der Waals surface area contributed by atoms with E-state index in [0.29, 0.717) is 28.8 Å². The van der Waals surface area contributed by atoms with Gasteiger partial charge in [-0.05, 0) is 61.2 Å². The number of nitrogens with zero attached hydrogens (tertiary/aromatic N) is 2. The molecule has 1 aliphatic rings. The Balaban J connectivity index is 2.17. The highest BCUT2D eigenvalue weighted by Crippen LogP contribution is 2.46. The average molecular weight is 463 g/mol. The van der Waals surface area contributed by atoms with Crippen LogP contribution >= 0.6 is 15.9 Å². The molecule has 1 atom stereocenters. The molecule has 2 aromatic rings. The first-order valence-electron chi connectivity index (χ1n) is 9.24. The number of aryl methyl sites for hydroxylation is 1. The Morgan fingerprint density at radius 3 is 2.59 bits per heavy atom. The lowest BCUT2D eigenvalue weighted by Crippen LogP contribution is -2.42. The Kier molecular flexibility index (Phi) is 5.84. The molecule has 1 heterocycles. The number of hydrogen-bond donors (Lipinski definition) is 0. The number of carbonyl (C=O) groups excluding carboxylic acids is 1. The van der Waals surface area contributed by atoms with Crippen LogP contribution in [0.4, 0.5) is 16.2 Å². The molecule has 3 rings (SSSR count). The van der Waals surface area contributed by atoms with Gasteiger partial charge in [-0.25, -0.2) is 4.79 Å². The standard InChI is InChI=1S/C21H23BrN2O5/c1-21(2,3)29-20(25)23-17(15-7-5-6-8-18(15)28-4)10-9-13-11-14(24(26)27)12-16(22)19(13)23/h5-8,11-12,17H,9-10H2,1-4H3. The van der Waals surface area contributed by atoms with E-state index in [0.717, 1.165) is 11.1 Å². The molecule has 2 aromatic carbocycles. The van der Waals surface area contributed by atoms with E-state index in [1.54, 1.807) is 32.8 Å². The number of amides is 1. The Labute approximate surface area is 177 Å². The Bertz CT molecular complexity index is 955. The second kappa shape index (κ2) is 8.02. The second-order valence-corrected chi connectivity index (χ2v) is 8.69. The monoisotopic (exact) mass is 462 g/mol. The maximum atomic E-state index is 13.2. The summed E-state index contributed by atoms with van der Waals surface area (Å²) in [6.07, 6.45) is 0.654. The van der Waals surface area contributed by atoms with E-state index in [9.17, 15) is 14.9 Å². The van der Waals surface area contributed by atoms with Crippen molar-refractivity contribution in [2.45, 2.75) is 45.3 Å². The van der Waals surface area contributed by atoms with Crippen LogP contribution in [0.15, 0.2) is 40.9 Å². The van der Waals surface area contributed by atoms with Gasteiger partial charge >= 0.3 is 6.09 Å². The van der Waals surface area contributed by atoms with Crippen molar-refractivity contribution in [2.24, 2.45) is 0 Å². The normalized spacial score (nSPS) is 16.2. The molecule has 154 valence electrons. The molecule has 0 bridgehead atoms. The molecule has 0 saturated carbocycles. The highest BCUT2D eigenvalue weighted by Gasteiger charge is 2.38. The zero-order valence-corrected chi connectivity index (χ0v) is 18.4. The number of methoxy groups -OCH3 is 1. The number of fused-ring (bicyclic) bond motifs is 1. The van der Waals surface area contributed by atoms with Gasteiger partial charge in [-0.2, -0.15) is 0 Å². The van der Waals surface area contributed by atoms with Gasteiger partial charge in [-0.15, -0.1) is 0 Å². The van der Waals surface area contributed by atoms with Crippen molar-refractivity contribution < 1.29 is 19.2 Å². The minimum absolute atomic E-state index is 0.0181. The molecule has 0 spiro atoms. The molecule has 1 aliphatic heterocycles. The minimum atomic E-state index is -0.687. The lowest BCUT2D eigenvalue weighted by Gasteiger charge is -2.39. The molecule has 0 aromatic heterocycles. The number of halogens is 1. The van der Waals surface area contributed by atoms with Crippen molar-refractivity contribution in [3.8, 4) is 5.75 Å². The van der Waals surface area contributed by atoms with Gasteiger partial charge in [0.05, 0.1) is 23.8 Å². The second-order valence-electron chi connectivity index (χ2n) is 7.84. The molecule has 29 heavy (non-hydrogen) atoms. The lowest BCUT2D eigenvalue weighted by molar-refractivity contribution is -0.385. The van der Waals surface area contributed by atoms with E-state index < -0.39 is 16.6 Å². The van der Waals surface area contributed by atoms with Crippen LogP contribution in [0.1, 0.15) is 44.4 Å². The van der Waals surface area contributed by atoms with Crippen LogP contribution in [0.2, 0.25) is 0 Å². The van der Waals surface area contributed by atoms with Crippen LogP contribution in [-0.4, -0.2) is 23.7 Å². The molecule has 0 N–H and O–H groups in total. The number of anilines is 1. The molecule has 0 fully saturated rings. The molecular formula is C21H23BrN2O5. The van der Waals surface area contributed by atoms with Gasteiger partial charge in [0.25, 0.3) is 5.69 Å². The summed E-state index contributed by atoms with van der Waals surface area (Å²) in [6.45, 7) is 5.41. The van der Waals surface area contributed by atoms with Crippen LogP contribution in [-0.2, 0) is 11.2 Å². The maximum absolute atomic E-state index is 13.2. The van der Waals surface area contributed by atoms with Crippen LogP contribution in [0.25, 0.3) is 0 Å².